The zero-order valence-electron chi connectivity index (χ0n) is 24.8. The lowest BCUT2D eigenvalue weighted by Gasteiger charge is -2.34. The number of aryl methyl sites for hydroxylation is 1. The van der Waals surface area contributed by atoms with Crippen molar-refractivity contribution in [1.82, 2.24) is 10.2 Å². The number of benzene rings is 4. The molecule has 0 saturated carbocycles. The molecule has 2 amide bonds. The predicted molar refractivity (Wildman–Crippen MR) is 174 cm³/mol. The van der Waals surface area contributed by atoms with Crippen LogP contribution in [0.15, 0.2) is 112 Å². The second-order valence-corrected chi connectivity index (χ2v) is 13.6. The number of carbonyl (C=O) groups excluding carboxylic acids is 2. The molecule has 0 bridgehead atoms. The van der Waals surface area contributed by atoms with Crippen molar-refractivity contribution in [3.05, 3.63) is 130 Å². The lowest BCUT2D eigenvalue weighted by Crippen LogP contribution is -2.54. The maximum atomic E-state index is 15.2. The van der Waals surface area contributed by atoms with Gasteiger partial charge in [0.25, 0.3) is 10.0 Å². The fourth-order valence-corrected chi connectivity index (χ4v) is 6.41. The van der Waals surface area contributed by atoms with Crippen LogP contribution in [0.1, 0.15) is 30.5 Å². The third-order valence-corrected chi connectivity index (χ3v) is 9.28. The number of sulfonamides is 1. The Kier molecular flexibility index (Phi) is 10.9. The van der Waals surface area contributed by atoms with Gasteiger partial charge in [0.15, 0.2) is 0 Å². The van der Waals surface area contributed by atoms with Crippen LogP contribution in [0.3, 0.4) is 0 Å². The highest BCUT2D eigenvalue weighted by Gasteiger charge is 2.35. The van der Waals surface area contributed by atoms with Crippen molar-refractivity contribution >= 4 is 43.5 Å². The summed E-state index contributed by atoms with van der Waals surface area (Å²) >= 11 is 3.42. The van der Waals surface area contributed by atoms with Crippen LogP contribution >= 0.6 is 15.9 Å². The second kappa shape index (κ2) is 14.6. The van der Waals surface area contributed by atoms with Crippen LogP contribution < -0.4 is 9.62 Å². The molecule has 0 aliphatic carbocycles. The highest BCUT2D eigenvalue weighted by Crippen LogP contribution is 2.27. The van der Waals surface area contributed by atoms with E-state index < -0.39 is 34.3 Å². The van der Waals surface area contributed by atoms with E-state index >= 15 is 4.39 Å². The van der Waals surface area contributed by atoms with Gasteiger partial charge in [0.1, 0.15) is 18.4 Å². The third-order valence-electron chi connectivity index (χ3n) is 6.98. The topological polar surface area (TPSA) is 86.8 Å². The first-order valence-electron chi connectivity index (χ1n) is 14.2. The summed E-state index contributed by atoms with van der Waals surface area (Å²) in [6, 6.07) is 26.9. The molecule has 4 rings (SSSR count). The summed E-state index contributed by atoms with van der Waals surface area (Å²) in [5.74, 6) is -1.84. The van der Waals surface area contributed by atoms with Gasteiger partial charge in [-0.1, -0.05) is 88.2 Å². The molecule has 1 N–H and O–H groups in total. The highest BCUT2D eigenvalue weighted by molar-refractivity contribution is 9.10. The zero-order valence-corrected chi connectivity index (χ0v) is 27.2. The van der Waals surface area contributed by atoms with Crippen molar-refractivity contribution < 1.29 is 22.4 Å². The summed E-state index contributed by atoms with van der Waals surface area (Å²) in [6.45, 7) is 4.77. The lowest BCUT2D eigenvalue weighted by atomic mass is 10.0. The van der Waals surface area contributed by atoms with Gasteiger partial charge in [0.2, 0.25) is 11.8 Å². The number of halogens is 2. The monoisotopic (exact) mass is 679 g/mol. The third kappa shape index (κ3) is 8.33. The minimum absolute atomic E-state index is 0.0187. The van der Waals surface area contributed by atoms with Crippen LogP contribution in [0.5, 0.6) is 0 Å². The minimum Gasteiger partial charge on any atom is -0.352 e. The molecule has 0 aliphatic heterocycles. The first-order chi connectivity index (χ1) is 21.0. The quantitative estimate of drug-likeness (QED) is 0.192. The van der Waals surface area contributed by atoms with Gasteiger partial charge < -0.3 is 10.2 Å². The van der Waals surface area contributed by atoms with Gasteiger partial charge in [-0.15, -0.1) is 0 Å². The summed E-state index contributed by atoms with van der Waals surface area (Å²) < 4.78 is 44.8. The molecule has 0 fully saturated rings. The smallest absolute Gasteiger partial charge is 0.264 e. The first kappa shape index (κ1) is 32.9. The van der Waals surface area contributed by atoms with Crippen LogP contribution in [-0.2, 0) is 32.6 Å². The zero-order chi connectivity index (χ0) is 31.9. The van der Waals surface area contributed by atoms with Crippen molar-refractivity contribution in [3.8, 4) is 0 Å². The average Bonchev–Trinajstić information content (AvgIpc) is 2.99. The number of nitrogens with one attached hydrogen (secondary N) is 1. The Labute approximate surface area is 266 Å². The van der Waals surface area contributed by atoms with E-state index in [0.717, 1.165) is 31.5 Å². The summed E-state index contributed by atoms with van der Waals surface area (Å²) in [5.41, 5.74) is 2.13. The molecule has 230 valence electrons. The van der Waals surface area contributed by atoms with Crippen LogP contribution in [0.2, 0.25) is 0 Å². The molecule has 0 aromatic heterocycles. The SMILES string of the molecule is Cc1ccc(S(=O)(=O)N(CC(=O)N(Cc2ccc(Br)cc2)C(Cc2ccccc2)C(=O)NC(C)C)c2ccccc2F)cc1. The number of anilines is 1. The molecule has 7 nitrogen and oxygen atoms in total. The van der Waals surface area contributed by atoms with Crippen LogP contribution in [0.4, 0.5) is 10.1 Å². The Morgan fingerprint density at radius 2 is 1.45 bits per heavy atom. The van der Waals surface area contributed by atoms with E-state index in [0.29, 0.717) is 0 Å². The Hall–Kier alpha value is -4.02. The molecule has 0 heterocycles. The van der Waals surface area contributed by atoms with E-state index in [1.54, 1.807) is 12.1 Å². The maximum Gasteiger partial charge on any atom is 0.264 e. The Balaban J connectivity index is 1.81. The van der Waals surface area contributed by atoms with Crippen molar-refractivity contribution in [3.63, 3.8) is 0 Å². The van der Waals surface area contributed by atoms with Crippen LogP contribution in [0.25, 0.3) is 0 Å². The second-order valence-electron chi connectivity index (χ2n) is 10.8. The van der Waals surface area contributed by atoms with E-state index in [1.807, 2.05) is 75.4 Å². The highest BCUT2D eigenvalue weighted by atomic mass is 79.9. The molecule has 0 radical (unpaired) electrons. The largest absolute Gasteiger partial charge is 0.352 e. The van der Waals surface area contributed by atoms with E-state index in [4.69, 9.17) is 0 Å². The molecule has 10 heteroatoms. The lowest BCUT2D eigenvalue weighted by molar-refractivity contribution is -0.140. The first-order valence-corrected chi connectivity index (χ1v) is 16.4. The summed E-state index contributed by atoms with van der Waals surface area (Å²) in [5, 5.41) is 2.92. The van der Waals surface area contributed by atoms with Crippen molar-refractivity contribution in [1.29, 1.82) is 0 Å². The summed E-state index contributed by atoms with van der Waals surface area (Å²) in [7, 11) is -4.39. The minimum atomic E-state index is -4.39. The van der Waals surface area contributed by atoms with Gasteiger partial charge in [0, 0.05) is 23.5 Å². The molecule has 44 heavy (non-hydrogen) atoms. The average molecular weight is 681 g/mol. The number of para-hydroxylation sites is 1. The molecule has 4 aromatic rings. The van der Waals surface area contributed by atoms with E-state index in [1.165, 1.54) is 35.2 Å². The van der Waals surface area contributed by atoms with Crippen molar-refractivity contribution in [2.45, 2.75) is 50.7 Å². The molecule has 0 saturated heterocycles. The number of rotatable bonds is 12. The van der Waals surface area contributed by atoms with Crippen molar-refractivity contribution in [2.24, 2.45) is 0 Å². The molecular formula is C34H35BrFN3O4S. The summed E-state index contributed by atoms with van der Waals surface area (Å²) in [6.07, 6.45) is 0.187. The molecule has 0 spiro atoms. The van der Waals surface area contributed by atoms with Crippen LogP contribution in [-0.4, -0.2) is 43.8 Å². The predicted octanol–water partition coefficient (Wildman–Crippen LogP) is 6.26. The van der Waals surface area contributed by atoms with Gasteiger partial charge in [-0.3, -0.25) is 13.9 Å². The normalized spacial score (nSPS) is 12.0. The fraction of sp³-hybridized carbons (Fsp3) is 0.235. The van der Waals surface area contributed by atoms with Crippen LogP contribution in [0, 0.1) is 12.7 Å². The van der Waals surface area contributed by atoms with Gasteiger partial charge >= 0.3 is 0 Å². The van der Waals surface area contributed by atoms with Crippen molar-refractivity contribution in [2.75, 3.05) is 10.8 Å². The molecule has 1 atom stereocenters. The number of nitrogens with zero attached hydrogens (tertiary/aromatic N) is 2. The van der Waals surface area contributed by atoms with Gasteiger partial charge in [-0.25, -0.2) is 12.8 Å². The molecule has 0 aliphatic rings. The standard InChI is InChI=1S/C34H35BrFN3O4S/c1-24(2)37-34(41)32(21-26-9-5-4-6-10-26)38(22-27-15-17-28(35)18-16-27)33(40)23-39(31-12-8-7-11-30(31)36)44(42,43)29-19-13-25(3)14-20-29/h4-20,24,32H,21-23H2,1-3H3,(H,37,41). The number of hydrogen-bond donors (Lipinski definition) is 1. The van der Waals surface area contributed by atoms with E-state index in [-0.39, 0.29) is 35.5 Å². The van der Waals surface area contributed by atoms with Gasteiger partial charge in [-0.05, 0) is 68.3 Å². The number of hydrogen-bond acceptors (Lipinski definition) is 4. The Morgan fingerprint density at radius 1 is 0.841 bits per heavy atom. The van der Waals surface area contributed by atoms with Gasteiger partial charge in [0.05, 0.1) is 10.6 Å². The molecular weight excluding hydrogens is 645 g/mol. The van der Waals surface area contributed by atoms with E-state index in [9.17, 15) is 18.0 Å². The fourth-order valence-electron chi connectivity index (χ4n) is 4.73. The molecule has 4 aromatic carbocycles. The Bertz CT molecular complexity index is 1680. The van der Waals surface area contributed by atoms with Gasteiger partial charge in [-0.2, -0.15) is 0 Å². The van der Waals surface area contributed by atoms with E-state index in [2.05, 4.69) is 21.2 Å². The number of amides is 2. The molecule has 1 unspecified atom stereocenters. The maximum absolute atomic E-state index is 15.2. The summed E-state index contributed by atoms with van der Waals surface area (Å²) in [4.78, 5) is 29.4. The Morgan fingerprint density at radius 3 is 2.07 bits per heavy atom. The number of carbonyl (C=O) groups is 2.